The van der Waals surface area contributed by atoms with Crippen LogP contribution in [0.25, 0.3) is 22.2 Å². The van der Waals surface area contributed by atoms with Gasteiger partial charge in [-0.2, -0.15) is 0 Å². The van der Waals surface area contributed by atoms with Gasteiger partial charge in [0.2, 0.25) is 29.5 Å². The number of aryl methyl sites for hydroxylation is 4. The van der Waals surface area contributed by atoms with Crippen LogP contribution in [0.15, 0.2) is 41.0 Å². The number of carbonyl (C=O) groups excluding carboxylic acids is 4. The molecule has 0 saturated carbocycles. The summed E-state index contributed by atoms with van der Waals surface area (Å²) >= 11 is 1.27. The number of nitrogens with two attached hydrogens (primary N) is 2. The van der Waals surface area contributed by atoms with E-state index >= 15 is 0 Å². The molecule has 0 fully saturated rings. The van der Waals surface area contributed by atoms with Crippen molar-refractivity contribution in [3.63, 3.8) is 0 Å². The van der Waals surface area contributed by atoms with Gasteiger partial charge in [0.1, 0.15) is 21.7 Å². The first-order valence-electron chi connectivity index (χ1n) is 17.4. The summed E-state index contributed by atoms with van der Waals surface area (Å²) in [4.78, 5) is 74.0. The van der Waals surface area contributed by atoms with Crippen LogP contribution >= 0.6 is 11.3 Å². The first-order valence-corrected chi connectivity index (χ1v) is 18.2. The second-order valence-corrected chi connectivity index (χ2v) is 13.5. The second-order valence-electron chi connectivity index (χ2n) is 12.3. The van der Waals surface area contributed by atoms with Crippen LogP contribution in [0, 0.1) is 13.8 Å². The third-order valence-electron chi connectivity index (χ3n) is 8.40. The van der Waals surface area contributed by atoms with Crippen LogP contribution < -0.4 is 26.8 Å². The average molecular weight is 770 g/mol. The molecule has 5 heterocycles. The molecule has 0 radical (unpaired) electrons. The molecule has 6 aromatic rings. The molecule has 0 spiro atoms. The Labute approximate surface area is 317 Å². The summed E-state index contributed by atoms with van der Waals surface area (Å²) in [6.07, 6.45) is 6.27. The predicted molar refractivity (Wildman–Crippen MR) is 203 cm³/mol. The number of nitrogens with one attached hydrogen (secondary N) is 2. The number of fused-ring (bicyclic) bond motifs is 2. The average Bonchev–Trinajstić information content (AvgIpc) is 3.92. The highest BCUT2D eigenvalue weighted by Gasteiger charge is 2.24. The Morgan fingerprint density at radius 2 is 1.53 bits per heavy atom. The molecule has 5 aromatic heterocycles. The number of primary amides is 2. The summed E-state index contributed by atoms with van der Waals surface area (Å²) in [5, 5.41) is 15.8. The molecule has 4 amide bonds. The Balaban J connectivity index is 1.38. The van der Waals surface area contributed by atoms with Crippen molar-refractivity contribution < 1.29 is 33.4 Å². The maximum atomic E-state index is 13.6. The zero-order chi connectivity index (χ0) is 39.4. The number of aromatic nitrogens is 7. The quantitative estimate of drug-likeness (QED) is 0.0697. The number of allylic oxidation sites excluding steroid dienone is 2. The number of nitrogens with zero attached hydrogens (tertiary/aromatic N) is 7. The number of pyridine rings is 1. The highest BCUT2D eigenvalue weighted by molar-refractivity contribution is 7.13. The van der Waals surface area contributed by atoms with E-state index in [1.807, 2.05) is 20.8 Å². The fraction of sp³-hybridized carbons (Fsp3) is 0.306. The summed E-state index contributed by atoms with van der Waals surface area (Å²) in [6, 6.07) is 4.49. The van der Waals surface area contributed by atoms with Gasteiger partial charge in [0.15, 0.2) is 11.5 Å². The fourth-order valence-corrected chi connectivity index (χ4v) is 6.77. The Bertz CT molecular complexity index is 2480. The zero-order valence-electron chi connectivity index (χ0n) is 30.5. The minimum atomic E-state index is -0.696. The highest BCUT2D eigenvalue weighted by atomic mass is 32.1. The number of rotatable bonds is 16. The minimum Gasteiger partial charge on any atom is -0.491 e. The van der Waals surface area contributed by atoms with E-state index < -0.39 is 23.6 Å². The van der Waals surface area contributed by atoms with Crippen molar-refractivity contribution in [2.24, 2.45) is 11.5 Å². The van der Waals surface area contributed by atoms with E-state index in [-0.39, 0.29) is 60.8 Å². The summed E-state index contributed by atoms with van der Waals surface area (Å²) in [7, 11) is 0. The number of oxazole rings is 1. The lowest BCUT2D eigenvalue weighted by Gasteiger charge is -2.12. The second kappa shape index (κ2) is 16.3. The van der Waals surface area contributed by atoms with Crippen LogP contribution in [0.3, 0.4) is 0 Å². The number of aliphatic hydroxyl groups is 1. The molecule has 0 atom stereocenters. The van der Waals surface area contributed by atoms with E-state index in [4.69, 9.17) is 20.6 Å². The molecule has 55 heavy (non-hydrogen) atoms. The number of aliphatic hydroxyl groups excluding tert-OH is 1. The number of hydrogen-bond donors (Lipinski definition) is 5. The Hall–Kier alpha value is -6.47. The summed E-state index contributed by atoms with van der Waals surface area (Å²) in [5.41, 5.74) is 14.0. The van der Waals surface area contributed by atoms with Crippen molar-refractivity contribution in [2.75, 3.05) is 23.8 Å². The van der Waals surface area contributed by atoms with Crippen LogP contribution in [0.1, 0.15) is 83.5 Å². The van der Waals surface area contributed by atoms with Crippen molar-refractivity contribution in [3.05, 3.63) is 80.6 Å². The van der Waals surface area contributed by atoms with Gasteiger partial charge in [-0.1, -0.05) is 26.0 Å². The van der Waals surface area contributed by atoms with E-state index in [2.05, 4.69) is 35.6 Å². The minimum absolute atomic E-state index is 0.0533. The summed E-state index contributed by atoms with van der Waals surface area (Å²) in [6.45, 7) is 7.55. The number of anilines is 2. The molecule has 0 aliphatic rings. The van der Waals surface area contributed by atoms with Crippen molar-refractivity contribution in [1.29, 1.82) is 0 Å². The maximum absolute atomic E-state index is 13.6. The number of ether oxygens (including phenoxy) is 1. The largest absolute Gasteiger partial charge is 0.491 e. The zero-order valence-corrected chi connectivity index (χ0v) is 31.3. The lowest BCUT2D eigenvalue weighted by atomic mass is 10.1. The van der Waals surface area contributed by atoms with E-state index in [0.29, 0.717) is 63.6 Å². The normalized spacial score (nSPS) is 11.5. The van der Waals surface area contributed by atoms with Gasteiger partial charge in [0.05, 0.1) is 34.1 Å². The SMILES string of the molecule is CCc1nc(C)oc1C(=O)Nc1nc2cc(C(N)=O)cnc2n1C/C=C/Cn1c(NC(=O)c2sc(C)nc2CC)nc2cc(C(N)=O)cc(OCCCO)c21. The lowest BCUT2D eigenvalue weighted by Crippen LogP contribution is -2.17. The van der Waals surface area contributed by atoms with Crippen molar-refractivity contribution in [3.8, 4) is 5.75 Å². The van der Waals surface area contributed by atoms with Crippen LogP contribution in [0.2, 0.25) is 0 Å². The molecule has 1 aromatic carbocycles. The molecule has 0 unspecified atom stereocenters. The third-order valence-corrected chi connectivity index (χ3v) is 9.42. The predicted octanol–water partition coefficient (Wildman–Crippen LogP) is 3.69. The number of benzene rings is 1. The van der Waals surface area contributed by atoms with Gasteiger partial charge in [-0.05, 0) is 38.0 Å². The number of imidazole rings is 2. The Morgan fingerprint density at radius 1 is 0.873 bits per heavy atom. The van der Waals surface area contributed by atoms with Crippen LogP contribution in [-0.4, -0.2) is 76.0 Å². The molecule has 6 rings (SSSR count). The lowest BCUT2D eigenvalue weighted by molar-refractivity contribution is 0.0987. The monoisotopic (exact) mass is 769 g/mol. The van der Waals surface area contributed by atoms with Crippen LogP contribution in [0.5, 0.6) is 5.75 Å². The van der Waals surface area contributed by atoms with E-state index in [0.717, 1.165) is 5.01 Å². The maximum Gasteiger partial charge on any atom is 0.295 e. The molecule has 0 aliphatic carbocycles. The van der Waals surface area contributed by atoms with Gasteiger partial charge in [-0.15, -0.1) is 11.3 Å². The molecule has 7 N–H and O–H groups in total. The molecule has 0 bridgehead atoms. The molecule has 0 saturated heterocycles. The van der Waals surface area contributed by atoms with Gasteiger partial charge in [0, 0.05) is 44.8 Å². The Morgan fingerprint density at radius 3 is 2.22 bits per heavy atom. The standard InChI is InChI=1S/C36H39N11O7S/c1-5-22-28(54-18(3)40-22)33(51)44-36-43-25-15-21(31(38)50)17-39-32(25)47(36)11-8-7-10-46-27-24(14-20(30(37)49)16-26(27)53-13-9-12-48)42-35(46)45-34(52)29-23(6-2)41-19(4)55-29/h7-8,14-17,48H,5-6,9-13H2,1-4H3,(H2,37,49)(H2,38,50)(H,42,45,52)(H,43,44,51)/b8-7+. The van der Waals surface area contributed by atoms with Crippen LogP contribution in [0.4, 0.5) is 11.9 Å². The van der Waals surface area contributed by atoms with Crippen molar-refractivity contribution >= 4 is 69.1 Å². The Kier molecular flexibility index (Phi) is 11.3. The molecule has 0 aliphatic heterocycles. The van der Waals surface area contributed by atoms with Crippen molar-refractivity contribution in [1.82, 2.24) is 34.1 Å². The molecule has 18 nitrogen and oxygen atoms in total. The first kappa shape index (κ1) is 38.3. The number of thiazole rings is 1. The van der Waals surface area contributed by atoms with E-state index in [1.54, 1.807) is 28.2 Å². The topological polar surface area (TPSA) is 261 Å². The molecular formula is C36H39N11O7S. The molecule has 286 valence electrons. The van der Waals surface area contributed by atoms with Gasteiger partial charge in [0.25, 0.3) is 11.8 Å². The molecular weight excluding hydrogens is 731 g/mol. The number of amides is 4. The van der Waals surface area contributed by atoms with Gasteiger partial charge in [-0.3, -0.25) is 34.4 Å². The third kappa shape index (κ3) is 8.06. The highest BCUT2D eigenvalue weighted by Crippen LogP contribution is 2.32. The smallest absolute Gasteiger partial charge is 0.295 e. The van der Waals surface area contributed by atoms with E-state index in [9.17, 15) is 24.3 Å². The van der Waals surface area contributed by atoms with Gasteiger partial charge >= 0.3 is 0 Å². The molecule has 19 heteroatoms. The van der Waals surface area contributed by atoms with Gasteiger partial charge in [-0.25, -0.2) is 24.9 Å². The fourth-order valence-electron chi connectivity index (χ4n) is 5.87. The first-order chi connectivity index (χ1) is 26.4. The van der Waals surface area contributed by atoms with Gasteiger partial charge < -0.3 is 30.3 Å². The van der Waals surface area contributed by atoms with E-state index in [1.165, 1.54) is 35.7 Å². The number of carbonyl (C=O) groups is 4. The van der Waals surface area contributed by atoms with Crippen molar-refractivity contribution in [2.45, 2.75) is 60.0 Å². The summed E-state index contributed by atoms with van der Waals surface area (Å²) < 4.78 is 14.9. The summed E-state index contributed by atoms with van der Waals surface area (Å²) in [5.74, 6) is -1.38. The number of hydrogen-bond acceptors (Lipinski definition) is 13. The van der Waals surface area contributed by atoms with Crippen LogP contribution in [-0.2, 0) is 25.9 Å².